The standard InChI is InChI=1S/C25H24FN5OS/c1-18-2-4-19(5-3-18)6-11-24(32)28-16-23-29-30-25(33-17-20-12-14-27-15-13-20)31(23)22-9-7-21(26)8-10-22/h2-5,7-10,12-15H,6,11,16-17H2,1H3,(H,28,32). The van der Waals surface area contributed by atoms with Gasteiger partial charge in [-0.05, 0) is 60.9 Å². The van der Waals surface area contributed by atoms with Crippen LogP contribution >= 0.6 is 11.8 Å². The molecule has 0 saturated carbocycles. The normalized spacial score (nSPS) is 10.8. The fraction of sp³-hybridized carbons (Fsp3) is 0.200. The fourth-order valence-corrected chi connectivity index (χ4v) is 4.19. The summed E-state index contributed by atoms with van der Waals surface area (Å²) in [6, 6.07) is 18.2. The second-order valence-corrected chi connectivity index (χ2v) is 8.56. The van der Waals surface area contributed by atoms with Gasteiger partial charge in [0, 0.05) is 30.3 Å². The minimum Gasteiger partial charge on any atom is -0.349 e. The number of hydrogen-bond acceptors (Lipinski definition) is 5. The van der Waals surface area contributed by atoms with Crippen LogP contribution in [0.4, 0.5) is 4.39 Å². The Kier molecular flexibility index (Phi) is 7.47. The van der Waals surface area contributed by atoms with Gasteiger partial charge >= 0.3 is 0 Å². The lowest BCUT2D eigenvalue weighted by molar-refractivity contribution is -0.121. The topological polar surface area (TPSA) is 72.7 Å². The largest absolute Gasteiger partial charge is 0.349 e. The zero-order chi connectivity index (χ0) is 23.0. The van der Waals surface area contributed by atoms with Crippen molar-refractivity contribution in [1.82, 2.24) is 25.1 Å². The molecule has 2 heterocycles. The van der Waals surface area contributed by atoms with E-state index in [4.69, 9.17) is 0 Å². The van der Waals surface area contributed by atoms with Gasteiger partial charge in [0.1, 0.15) is 5.82 Å². The van der Waals surface area contributed by atoms with Crippen LogP contribution in [-0.2, 0) is 23.5 Å². The van der Waals surface area contributed by atoms with Crippen molar-refractivity contribution >= 4 is 17.7 Å². The molecular formula is C25H24FN5OS. The lowest BCUT2D eigenvalue weighted by Crippen LogP contribution is -2.24. The Morgan fingerprint density at radius 2 is 1.70 bits per heavy atom. The molecule has 0 aliphatic rings. The summed E-state index contributed by atoms with van der Waals surface area (Å²) in [5.41, 5.74) is 4.16. The predicted molar refractivity (Wildman–Crippen MR) is 126 cm³/mol. The maximum Gasteiger partial charge on any atom is 0.220 e. The number of hydrogen-bond donors (Lipinski definition) is 1. The zero-order valence-corrected chi connectivity index (χ0v) is 19.1. The van der Waals surface area contributed by atoms with E-state index in [1.54, 1.807) is 24.5 Å². The number of amides is 1. The van der Waals surface area contributed by atoms with Crippen molar-refractivity contribution in [3.8, 4) is 5.69 Å². The molecule has 0 atom stereocenters. The number of thioether (sulfide) groups is 1. The lowest BCUT2D eigenvalue weighted by atomic mass is 10.1. The van der Waals surface area contributed by atoms with E-state index in [-0.39, 0.29) is 18.3 Å². The van der Waals surface area contributed by atoms with E-state index >= 15 is 0 Å². The summed E-state index contributed by atoms with van der Waals surface area (Å²) < 4.78 is 15.3. The van der Waals surface area contributed by atoms with Crippen LogP contribution in [-0.4, -0.2) is 25.7 Å². The highest BCUT2D eigenvalue weighted by molar-refractivity contribution is 7.98. The smallest absolute Gasteiger partial charge is 0.220 e. The van der Waals surface area contributed by atoms with Crippen molar-refractivity contribution in [3.05, 3.63) is 101 Å². The molecule has 33 heavy (non-hydrogen) atoms. The first kappa shape index (κ1) is 22.7. The predicted octanol–water partition coefficient (Wildman–Crippen LogP) is 4.65. The van der Waals surface area contributed by atoms with E-state index in [1.807, 2.05) is 47.9 Å². The molecule has 1 amide bonds. The van der Waals surface area contributed by atoms with E-state index in [1.165, 1.54) is 29.5 Å². The average Bonchev–Trinajstić information content (AvgIpc) is 3.25. The van der Waals surface area contributed by atoms with E-state index in [0.29, 0.717) is 29.6 Å². The minimum atomic E-state index is -0.316. The Labute approximate surface area is 196 Å². The molecule has 1 N–H and O–H groups in total. The van der Waals surface area contributed by atoms with Crippen LogP contribution in [0.25, 0.3) is 5.69 Å². The first-order valence-corrected chi connectivity index (χ1v) is 11.6. The van der Waals surface area contributed by atoms with Crippen molar-refractivity contribution in [2.75, 3.05) is 0 Å². The van der Waals surface area contributed by atoms with E-state index < -0.39 is 0 Å². The molecule has 0 saturated heterocycles. The fourth-order valence-electron chi connectivity index (χ4n) is 3.26. The maximum absolute atomic E-state index is 13.5. The number of benzene rings is 2. The molecule has 8 heteroatoms. The van der Waals surface area contributed by atoms with Gasteiger partial charge in [0.05, 0.1) is 6.54 Å². The van der Waals surface area contributed by atoms with Crippen LogP contribution in [0.3, 0.4) is 0 Å². The molecule has 0 aliphatic heterocycles. The summed E-state index contributed by atoms with van der Waals surface area (Å²) in [7, 11) is 0. The van der Waals surface area contributed by atoms with Gasteiger partial charge in [-0.3, -0.25) is 14.3 Å². The number of rotatable bonds is 9. The molecule has 6 nitrogen and oxygen atoms in total. The van der Waals surface area contributed by atoms with Crippen LogP contribution in [0, 0.1) is 12.7 Å². The van der Waals surface area contributed by atoms with Gasteiger partial charge in [-0.15, -0.1) is 10.2 Å². The van der Waals surface area contributed by atoms with Crippen LogP contribution in [0.5, 0.6) is 0 Å². The molecule has 0 aliphatic carbocycles. The van der Waals surface area contributed by atoms with Crippen molar-refractivity contribution in [2.45, 2.75) is 37.2 Å². The quantitative estimate of drug-likeness (QED) is 0.367. The van der Waals surface area contributed by atoms with Crippen molar-refractivity contribution in [1.29, 1.82) is 0 Å². The van der Waals surface area contributed by atoms with Crippen molar-refractivity contribution < 1.29 is 9.18 Å². The van der Waals surface area contributed by atoms with Crippen molar-refractivity contribution in [2.24, 2.45) is 0 Å². The van der Waals surface area contributed by atoms with Gasteiger partial charge in [0.25, 0.3) is 0 Å². The second-order valence-electron chi connectivity index (χ2n) is 7.62. The van der Waals surface area contributed by atoms with E-state index in [9.17, 15) is 9.18 Å². The van der Waals surface area contributed by atoms with Gasteiger partial charge in [-0.2, -0.15) is 0 Å². The number of carbonyl (C=O) groups excluding carboxylic acids is 1. The molecule has 4 rings (SSSR count). The van der Waals surface area contributed by atoms with Crippen molar-refractivity contribution in [3.63, 3.8) is 0 Å². The Morgan fingerprint density at radius 3 is 2.42 bits per heavy atom. The number of aromatic nitrogens is 4. The third kappa shape index (κ3) is 6.26. The molecule has 0 fully saturated rings. The maximum atomic E-state index is 13.5. The number of halogens is 1. The molecule has 0 unspecified atom stereocenters. The summed E-state index contributed by atoms with van der Waals surface area (Å²) in [5, 5.41) is 12.2. The van der Waals surface area contributed by atoms with Crippen LogP contribution < -0.4 is 5.32 Å². The van der Waals surface area contributed by atoms with E-state index in [2.05, 4.69) is 20.5 Å². The Morgan fingerprint density at radius 1 is 0.970 bits per heavy atom. The summed E-state index contributed by atoms with van der Waals surface area (Å²) in [4.78, 5) is 16.5. The number of aryl methyl sites for hydroxylation is 2. The van der Waals surface area contributed by atoms with Crippen LogP contribution in [0.1, 0.15) is 28.9 Å². The highest BCUT2D eigenvalue weighted by Crippen LogP contribution is 2.25. The summed E-state index contributed by atoms with van der Waals surface area (Å²) in [6.07, 6.45) is 4.55. The highest BCUT2D eigenvalue weighted by atomic mass is 32.2. The molecule has 0 spiro atoms. The molecule has 2 aromatic heterocycles. The van der Waals surface area contributed by atoms with E-state index in [0.717, 1.165) is 16.8 Å². The molecule has 0 bridgehead atoms. The Balaban J connectivity index is 1.44. The Hall–Kier alpha value is -3.52. The highest BCUT2D eigenvalue weighted by Gasteiger charge is 2.16. The minimum absolute atomic E-state index is 0.0600. The number of nitrogens with zero attached hydrogens (tertiary/aromatic N) is 4. The number of pyridine rings is 1. The first-order chi connectivity index (χ1) is 16.1. The van der Waals surface area contributed by atoms with Gasteiger partial charge < -0.3 is 5.32 Å². The van der Waals surface area contributed by atoms with Gasteiger partial charge in [0.15, 0.2) is 11.0 Å². The van der Waals surface area contributed by atoms with Gasteiger partial charge in [-0.1, -0.05) is 41.6 Å². The zero-order valence-electron chi connectivity index (χ0n) is 18.2. The third-order valence-electron chi connectivity index (χ3n) is 5.11. The second kappa shape index (κ2) is 10.9. The number of carbonyl (C=O) groups is 1. The Bertz CT molecular complexity index is 1190. The molecule has 4 aromatic rings. The molecular weight excluding hydrogens is 437 g/mol. The van der Waals surface area contributed by atoms with Gasteiger partial charge in [0.2, 0.25) is 5.91 Å². The molecule has 168 valence electrons. The van der Waals surface area contributed by atoms with Gasteiger partial charge in [-0.25, -0.2) is 4.39 Å². The number of nitrogens with one attached hydrogen (secondary N) is 1. The average molecular weight is 462 g/mol. The molecule has 2 aromatic carbocycles. The lowest BCUT2D eigenvalue weighted by Gasteiger charge is -2.11. The summed E-state index contributed by atoms with van der Waals surface area (Å²) >= 11 is 1.52. The SMILES string of the molecule is Cc1ccc(CCC(=O)NCc2nnc(SCc3ccncc3)n2-c2ccc(F)cc2)cc1. The monoisotopic (exact) mass is 461 g/mol. The third-order valence-corrected chi connectivity index (χ3v) is 6.11. The molecule has 0 radical (unpaired) electrons. The van der Waals surface area contributed by atoms with Crippen LogP contribution in [0.15, 0.2) is 78.2 Å². The summed E-state index contributed by atoms with van der Waals surface area (Å²) in [5.74, 6) is 0.895. The summed E-state index contributed by atoms with van der Waals surface area (Å²) in [6.45, 7) is 2.27. The van der Waals surface area contributed by atoms with Crippen LogP contribution in [0.2, 0.25) is 0 Å². The first-order valence-electron chi connectivity index (χ1n) is 10.6.